The number of rotatable bonds is 6. The molecule has 0 unspecified atom stereocenters. The molecule has 1 aliphatic carbocycles. The lowest BCUT2D eigenvalue weighted by atomic mass is 9.93. The molecule has 0 saturated heterocycles. The number of cyclic esters (lactones) is 1. The second-order valence-electron chi connectivity index (χ2n) is 6.74. The number of hydrogen-bond donors (Lipinski definition) is 0. The molecule has 1 aliphatic heterocycles. The third-order valence-corrected chi connectivity index (χ3v) is 5.42. The van der Waals surface area contributed by atoms with Crippen LogP contribution in [0.2, 0.25) is 0 Å². The molecule has 1 heterocycles. The van der Waals surface area contributed by atoms with Crippen molar-refractivity contribution >= 4 is 12.4 Å². The number of carbonyl (C=O) groups excluding carboxylic acids is 2. The fourth-order valence-electron chi connectivity index (χ4n) is 4.00. The molecule has 1 aromatic rings. The Morgan fingerprint density at radius 1 is 1.28 bits per heavy atom. The van der Waals surface area contributed by atoms with Crippen LogP contribution in [0.1, 0.15) is 59.7 Å². The van der Waals surface area contributed by atoms with Crippen molar-refractivity contribution in [1.29, 1.82) is 0 Å². The minimum atomic E-state index is -0.449. The van der Waals surface area contributed by atoms with E-state index in [0.717, 1.165) is 16.7 Å². The van der Waals surface area contributed by atoms with Gasteiger partial charge >= 0.3 is 5.97 Å². The lowest BCUT2D eigenvalue weighted by Gasteiger charge is -2.18. The molecule has 0 aromatic heterocycles. The molecule has 5 heteroatoms. The van der Waals surface area contributed by atoms with Crippen molar-refractivity contribution in [3.63, 3.8) is 0 Å². The Kier molecular flexibility index (Phi) is 5.11. The fourth-order valence-corrected chi connectivity index (χ4v) is 4.00. The molecule has 0 amide bonds. The maximum absolute atomic E-state index is 12.1. The summed E-state index contributed by atoms with van der Waals surface area (Å²) >= 11 is 0. The van der Waals surface area contributed by atoms with E-state index in [1.807, 2.05) is 6.92 Å². The van der Waals surface area contributed by atoms with Gasteiger partial charge < -0.3 is 14.2 Å². The zero-order valence-electron chi connectivity index (χ0n) is 15.0. The maximum atomic E-state index is 12.1. The smallest absolute Gasteiger partial charge is 0.342 e. The van der Waals surface area contributed by atoms with Crippen molar-refractivity contribution < 1.29 is 23.8 Å². The molecule has 0 N–H and O–H groups in total. The van der Waals surface area contributed by atoms with Gasteiger partial charge in [-0.3, -0.25) is 4.79 Å². The van der Waals surface area contributed by atoms with Crippen molar-refractivity contribution in [2.45, 2.75) is 52.6 Å². The van der Waals surface area contributed by atoms with Gasteiger partial charge in [-0.1, -0.05) is 24.5 Å². The highest BCUT2D eigenvalue weighted by Gasteiger charge is 2.33. The van der Waals surface area contributed by atoms with Gasteiger partial charge in [0.1, 0.15) is 17.9 Å². The van der Waals surface area contributed by atoms with Crippen molar-refractivity contribution in [3.8, 4) is 11.5 Å². The average molecular weight is 344 g/mol. The van der Waals surface area contributed by atoms with Crippen LogP contribution >= 0.6 is 0 Å². The monoisotopic (exact) mass is 344 g/mol. The quantitative estimate of drug-likeness (QED) is 0.445. The topological polar surface area (TPSA) is 61.8 Å². The molecule has 134 valence electrons. The second-order valence-corrected chi connectivity index (χ2v) is 6.74. The minimum absolute atomic E-state index is 0.183. The van der Waals surface area contributed by atoms with Gasteiger partial charge in [-0.2, -0.15) is 0 Å². The Hall–Kier alpha value is -2.30. The van der Waals surface area contributed by atoms with Crippen LogP contribution < -0.4 is 9.47 Å². The van der Waals surface area contributed by atoms with Crippen LogP contribution in [-0.4, -0.2) is 19.6 Å². The van der Waals surface area contributed by atoms with Gasteiger partial charge in [0, 0.05) is 11.1 Å². The molecular formula is C20H24O5. The van der Waals surface area contributed by atoms with Crippen molar-refractivity contribution in [2.24, 2.45) is 5.92 Å². The minimum Gasteiger partial charge on any atom is -0.496 e. The Bertz CT molecular complexity index is 726. The van der Waals surface area contributed by atoms with E-state index in [0.29, 0.717) is 30.1 Å². The van der Waals surface area contributed by atoms with Gasteiger partial charge in [-0.25, -0.2) is 4.79 Å². The number of fused-ring (bicyclic) bond motifs is 1. The van der Waals surface area contributed by atoms with E-state index in [1.165, 1.54) is 31.3 Å². The molecule has 5 nitrogen and oxygen atoms in total. The van der Waals surface area contributed by atoms with Crippen molar-refractivity contribution in [1.82, 2.24) is 0 Å². The van der Waals surface area contributed by atoms with Gasteiger partial charge in [-0.05, 0) is 44.6 Å². The number of carbonyl (C=O) groups is 2. The predicted octanol–water partition coefficient (Wildman–Crippen LogP) is 3.89. The summed E-state index contributed by atoms with van der Waals surface area (Å²) in [6.45, 7) is 4.59. The third-order valence-electron chi connectivity index (χ3n) is 5.42. The largest absolute Gasteiger partial charge is 0.496 e. The average Bonchev–Trinajstić information content (AvgIpc) is 3.26. The molecule has 0 spiro atoms. The van der Waals surface area contributed by atoms with Gasteiger partial charge in [-0.15, -0.1) is 0 Å². The first-order valence-electron chi connectivity index (χ1n) is 8.74. The molecule has 2 aliphatic rings. The van der Waals surface area contributed by atoms with Gasteiger partial charge in [0.2, 0.25) is 0 Å². The van der Waals surface area contributed by atoms with Crippen LogP contribution in [0.15, 0.2) is 11.6 Å². The van der Waals surface area contributed by atoms with Crippen LogP contribution in [0.3, 0.4) is 0 Å². The van der Waals surface area contributed by atoms with E-state index in [9.17, 15) is 9.59 Å². The Labute approximate surface area is 148 Å². The molecule has 3 rings (SSSR count). The molecule has 25 heavy (non-hydrogen) atoms. The lowest BCUT2D eigenvalue weighted by Crippen LogP contribution is -2.08. The Balaban J connectivity index is 2.06. The summed E-state index contributed by atoms with van der Waals surface area (Å²) in [5.74, 6) is 1.10. The van der Waals surface area contributed by atoms with E-state index in [-0.39, 0.29) is 12.4 Å². The van der Waals surface area contributed by atoms with Gasteiger partial charge in [0.05, 0.1) is 7.11 Å². The highest BCUT2D eigenvalue weighted by atomic mass is 16.5. The fraction of sp³-hybridized carbons (Fsp3) is 0.500. The highest BCUT2D eigenvalue weighted by Crippen LogP contribution is 2.43. The number of benzene rings is 1. The summed E-state index contributed by atoms with van der Waals surface area (Å²) in [7, 11) is 1.59. The molecular weight excluding hydrogens is 320 g/mol. The van der Waals surface area contributed by atoms with Crippen molar-refractivity contribution in [3.05, 3.63) is 33.9 Å². The summed E-state index contributed by atoms with van der Waals surface area (Å²) in [6, 6.07) is 0. The number of hydrogen-bond acceptors (Lipinski definition) is 5. The standard InChI is InChI=1S/C20H24O5/c1-12(14-6-4-5-7-14)8-9-15-18(23-3)13(2)16-10-24-20(22)17(16)19(15)25-11-21/h8,11,14H,4-7,9-10H2,1-3H3. The van der Waals surface area contributed by atoms with Crippen LogP contribution in [0.4, 0.5) is 0 Å². The third kappa shape index (κ3) is 3.15. The molecule has 1 saturated carbocycles. The van der Waals surface area contributed by atoms with E-state index in [2.05, 4.69) is 13.0 Å². The molecule has 1 aromatic carbocycles. The highest BCUT2D eigenvalue weighted by molar-refractivity contribution is 5.98. The number of allylic oxidation sites excluding steroid dienone is 2. The van der Waals surface area contributed by atoms with E-state index < -0.39 is 5.97 Å². The maximum Gasteiger partial charge on any atom is 0.342 e. The summed E-state index contributed by atoms with van der Waals surface area (Å²) in [6.07, 6.45) is 7.73. The molecule has 1 fully saturated rings. The normalized spacial score (nSPS) is 17.4. The van der Waals surface area contributed by atoms with E-state index in [4.69, 9.17) is 14.2 Å². The van der Waals surface area contributed by atoms with Crippen LogP contribution in [0.5, 0.6) is 11.5 Å². The molecule has 0 bridgehead atoms. The zero-order valence-corrected chi connectivity index (χ0v) is 15.0. The van der Waals surface area contributed by atoms with Gasteiger partial charge in [0.25, 0.3) is 6.47 Å². The Morgan fingerprint density at radius 2 is 2.00 bits per heavy atom. The van der Waals surface area contributed by atoms with Crippen LogP contribution in [0, 0.1) is 12.8 Å². The summed E-state index contributed by atoms with van der Waals surface area (Å²) in [5.41, 5.74) is 4.02. The van der Waals surface area contributed by atoms with Gasteiger partial charge in [0.15, 0.2) is 5.75 Å². The SMILES string of the molecule is COc1c(C)c2c(c(OC=O)c1CC=C(C)C1CCCC1)C(=O)OC2. The summed E-state index contributed by atoms with van der Waals surface area (Å²) in [4.78, 5) is 23.2. The molecule has 0 atom stereocenters. The van der Waals surface area contributed by atoms with E-state index in [1.54, 1.807) is 7.11 Å². The first-order chi connectivity index (χ1) is 12.1. The number of ether oxygens (including phenoxy) is 3. The molecule has 0 radical (unpaired) electrons. The summed E-state index contributed by atoms with van der Waals surface area (Å²) < 4.78 is 16.0. The first-order valence-corrected chi connectivity index (χ1v) is 8.74. The predicted molar refractivity (Wildman–Crippen MR) is 93.0 cm³/mol. The van der Waals surface area contributed by atoms with Crippen LogP contribution in [0.25, 0.3) is 0 Å². The number of methoxy groups -OCH3 is 1. The lowest BCUT2D eigenvalue weighted by molar-refractivity contribution is -0.120. The number of esters is 1. The van der Waals surface area contributed by atoms with Crippen LogP contribution in [-0.2, 0) is 22.6 Å². The summed E-state index contributed by atoms with van der Waals surface area (Å²) in [5, 5.41) is 0. The Morgan fingerprint density at radius 3 is 2.64 bits per heavy atom. The zero-order chi connectivity index (χ0) is 18.0. The van der Waals surface area contributed by atoms with Crippen molar-refractivity contribution in [2.75, 3.05) is 7.11 Å². The van der Waals surface area contributed by atoms with E-state index >= 15 is 0 Å². The first kappa shape index (κ1) is 17.5. The second kappa shape index (κ2) is 7.30.